The number of anilines is 1. The number of aromatic nitrogens is 1. The molecule has 1 aliphatic rings. The number of sulfonamides is 1. The maximum Gasteiger partial charge on any atom is 0.262 e. The molecule has 1 unspecified atom stereocenters. The minimum Gasteiger partial charge on any atom is -0.396 e. The number of nitrogens with two attached hydrogens (primary N) is 1. The SMILES string of the molecule is CN(CC1CCCCO1)S(=O)(=O)c1ncccc1N. The van der Waals surface area contributed by atoms with E-state index in [9.17, 15) is 8.42 Å². The van der Waals surface area contributed by atoms with E-state index in [1.165, 1.54) is 23.6 Å². The molecule has 6 nitrogen and oxygen atoms in total. The maximum atomic E-state index is 12.4. The summed E-state index contributed by atoms with van der Waals surface area (Å²) in [4.78, 5) is 3.87. The van der Waals surface area contributed by atoms with Gasteiger partial charge >= 0.3 is 0 Å². The highest BCUT2D eigenvalue weighted by Gasteiger charge is 2.27. The molecule has 1 atom stereocenters. The van der Waals surface area contributed by atoms with Crippen LogP contribution in [-0.2, 0) is 14.8 Å². The summed E-state index contributed by atoms with van der Waals surface area (Å²) in [5, 5.41) is -0.0895. The molecule has 1 aliphatic heterocycles. The van der Waals surface area contributed by atoms with E-state index >= 15 is 0 Å². The average Bonchev–Trinajstić information content (AvgIpc) is 2.40. The first-order valence-electron chi connectivity index (χ1n) is 6.30. The number of ether oxygens (including phenoxy) is 1. The van der Waals surface area contributed by atoms with E-state index in [0.29, 0.717) is 13.2 Å². The first-order chi connectivity index (χ1) is 9.01. The summed E-state index contributed by atoms with van der Waals surface area (Å²) in [7, 11) is -2.12. The lowest BCUT2D eigenvalue weighted by molar-refractivity contribution is 0.00857. The highest BCUT2D eigenvalue weighted by molar-refractivity contribution is 7.89. The van der Waals surface area contributed by atoms with Crippen molar-refractivity contribution in [3.63, 3.8) is 0 Å². The Morgan fingerprint density at radius 2 is 2.32 bits per heavy atom. The molecule has 0 aliphatic carbocycles. The van der Waals surface area contributed by atoms with Crippen molar-refractivity contribution in [3.05, 3.63) is 18.3 Å². The molecule has 2 rings (SSSR count). The monoisotopic (exact) mass is 285 g/mol. The predicted molar refractivity (Wildman–Crippen MR) is 72.1 cm³/mol. The molecule has 1 saturated heterocycles. The van der Waals surface area contributed by atoms with Crippen molar-refractivity contribution < 1.29 is 13.2 Å². The summed E-state index contributed by atoms with van der Waals surface area (Å²) in [6.07, 6.45) is 4.38. The molecule has 0 aromatic carbocycles. The van der Waals surface area contributed by atoms with Crippen LogP contribution < -0.4 is 5.73 Å². The van der Waals surface area contributed by atoms with Crippen LogP contribution >= 0.6 is 0 Å². The highest BCUT2D eigenvalue weighted by atomic mass is 32.2. The van der Waals surface area contributed by atoms with Gasteiger partial charge in [0.2, 0.25) is 0 Å². The van der Waals surface area contributed by atoms with Gasteiger partial charge in [-0.05, 0) is 31.4 Å². The molecule has 0 saturated carbocycles. The molecule has 7 heteroatoms. The fourth-order valence-corrected chi connectivity index (χ4v) is 3.32. The van der Waals surface area contributed by atoms with Crippen molar-refractivity contribution in [2.24, 2.45) is 0 Å². The predicted octanol–water partition coefficient (Wildman–Crippen LogP) is 0.853. The lowest BCUT2D eigenvalue weighted by atomic mass is 10.1. The van der Waals surface area contributed by atoms with Crippen molar-refractivity contribution in [2.45, 2.75) is 30.4 Å². The molecular formula is C12H19N3O3S. The van der Waals surface area contributed by atoms with Gasteiger partial charge in [0.25, 0.3) is 10.0 Å². The van der Waals surface area contributed by atoms with Crippen LogP contribution in [0.5, 0.6) is 0 Å². The summed E-state index contributed by atoms with van der Waals surface area (Å²) in [5.41, 5.74) is 5.84. The van der Waals surface area contributed by atoms with Crippen LogP contribution in [0, 0.1) is 0 Å². The van der Waals surface area contributed by atoms with Crippen molar-refractivity contribution in [1.82, 2.24) is 9.29 Å². The molecule has 0 radical (unpaired) electrons. The number of rotatable bonds is 4. The van der Waals surface area contributed by atoms with Crippen molar-refractivity contribution >= 4 is 15.7 Å². The number of nitrogen functional groups attached to an aromatic ring is 1. The van der Waals surface area contributed by atoms with E-state index in [-0.39, 0.29) is 16.8 Å². The Morgan fingerprint density at radius 1 is 1.53 bits per heavy atom. The Labute approximate surface area is 113 Å². The van der Waals surface area contributed by atoms with Gasteiger partial charge in [-0.25, -0.2) is 13.4 Å². The standard InChI is InChI=1S/C12H19N3O3S/c1-15(9-10-5-2-3-8-18-10)19(16,17)12-11(13)6-4-7-14-12/h4,6-7,10H,2-3,5,8-9,13H2,1H3. The van der Waals surface area contributed by atoms with E-state index < -0.39 is 10.0 Å². The van der Waals surface area contributed by atoms with Gasteiger partial charge in [-0.3, -0.25) is 0 Å². The Bertz CT molecular complexity index is 527. The minimum absolute atomic E-state index is 0.0431. The second-order valence-corrected chi connectivity index (χ2v) is 6.63. The zero-order valence-electron chi connectivity index (χ0n) is 10.9. The fraction of sp³-hybridized carbons (Fsp3) is 0.583. The topological polar surface area (TPSA) is 85.5 Å². The Hall–Kier alpha value is -1.18. The van der Waals surface area contributed by atoms with Crippen molar-refractivity contribution in [3.8, 4) is 0 Å². The Morgan fingerprint density at radius 3 is 2.95 bits per heavy atom. The van der Waals surface area contributed by atoms with Crippen molar-refractivity contribution in [2.75, 3.05) is 25.9 Å². The first kappa shape index (κ1) is 14.2. The summed E-state index contributed by atoms with van der Waals surface area (Å²) >= 11 is 0. The Balaban J connectivity index is 2.13. The average molecular weight is 285 g/mol. The summed E-state index contributed by atoms with van der Waals surface area (Å²) in [5.74, 6) is 0. The number of hydrogen-bond acceptors (Lipinski definition) is 5. The van der Waals surface area contributed by atoms with E-state index in [0.717, 1.165) is 19.3 Å². The maximum absolute atomic E-state index is 12.4. The molecular weight excluding hydrogens is 266 g/mol. The van der Waals surface area contributed by atoms with E-state index in [2.05, 4.69) is 4.98 Å². The molecule has 0 bridgehead atoms. The number of nitrogens with zero attached hydrogens (tertiary/aromatic N) is 2. The van der Waals surface area contributed by atoms with Gasteiger partial charge in [0, 0.05) is 26.4 Å². The zero-order valence-corrected chi connectivity index (χ0v) is 11.8. The van der Waals surface area contributed by atoms with E-state index in [1.54, 1.807) is 6.07 Å². The molecule has 2 N–H and O–H groups in total. The van der Waals surface area contributed by atoms with Crippen molar-refractivity contribution in [1.29, 1.82) is 0 Å². The van der Waals surface area contributed by atoms with E-state index in [4.69, 9.17) is 10.5 Å². The van der Waals surface area contributed by atoms with Gasteiger partial charge < -0.3 is 10.5 Å². The quantitative estimate of drug-likeness (QED) is 0.886. The van der Waals surface area contributed by atoms with Gasteiger partial charge in [0.05, 0.1) is 11.8 Å². The largest absolute Gasteiger partial charge is 0.396 e. The normalized spacial score (nSPS) is 20.6. The fourth-order valence-electron chi connectivity index (χ4n) is 2.10. The lowest BCUT2D eigenvalue weighted by Crippen LogP contribution is -2.37. The third-order valence-corrected chi connectivity index (χ3v) is 4.99. The molecule has 19 heavy (non-hydrogen) atoms. The molecule has 1 fully saturated rings. The molecule has 106 valence electrons. The molecule has 0 amide bonds. The second kappa shape index (κ2) is 5.85. The van der Waals surface area contributed by atoms with E-state index in [1.807, 2.05) is 0 Å². The van der Waals surface area contributed by atoms with Gasteiger partial charge in [0.15, 0.2) is 5.03 Å². The number of pyridine rings is 1. The Kier molecular flexibility index (Phi) is 4.38. The molecule has 1 aromatic rings. The van der Waals surface area contributed by atoms with Gasteiger partial charge in [-0.1, -0.05) is 0 Å². The van der Waals surface area contributed by atoms with Crippen LogP contribution in [0.15, 0.2) is 23.4 Å². The van der Waals surface area contributed by atoms with Crippen LogP contribution in [0.2, 0.25) is 0 Å². The molecule has 0 spiro atoms. The van der Waals surface area contributed by atoms with Crippen LogP contribution in [0.25, 0.3) is 0 Å². The zero-order chi connectivity index (χ0) is 13.9. The smallest absolute Gasteiger partial charge is 0.262 e. The van der Waals surface area contributed by atoms with Crippen LogP contribution in [0.1, 0.15) is 19.3 Å². The third-order valence-electron chi connectivity index (χ3n) is 3.19. The van der Waals surface area contributed by atoms with Gasteiger partial charge in [0.1, 0.15) is 0 Å². The minimum atomic E-state index is -3.65. The molecule has 2 heterocycles. The number of likely N-dealkylation sites (N-methyl/N-ethyl adjacent to an activating group) is 1. The second-order valence-electron chi connectivity index (χ2n) is 4.67. The van der Waals surface area contributed by atoms with Gasteiger partial charge in [-0.2, -0.15) is 4.31 Å². The lowest BCUT2D eigenvalue weighted by Gasteiger charge is -2.26. The molecule has 1 aromatic heterocycles. The van der Waals surface area contributed by atoms with Gasteiger partial charge in [-0.15, -0.1) is 0 Å². The summed E-state index contributed by atoms with van der Waals surface area (Å²) in [6, 6.07) is 3.14. The highest BCUT2D eigenvalue weighted by Crippen LogP contribution is 2.20. The van der Waals surface area contributed by atoms with Crippen LogP contribution in [0.3, 0.4) is 0 Å². The van der Waals surface area contributed by atoms with Crippen LogP contribution in [-0.4, -0.2) is 44.0 Å². The third kappa shape index (κ3) is 3.23. The summed E-state index contributed by atoms with van der Waals surface area (Å²) < 4.78 is 31.5. The number of hydrogen-bond donors (Lipinski definition) is 1. The van der Waals surface area contributed by atoms with Crippen LogP contribution in [0.4, 0.5) is 5.69 Å². The first-order valence-corrected chi connectivity index (χ1v) is 7.74. The summed E-state index contributed by atoms with van der Waals surface area (Å²) in [6.45, 7) is 1.03.